The van der Waals surface area contributed by atoms with Crippen molar-refractivity contribution in [2.45, 2.75) is 13.1 Å². The van der Waals surface area contributed by atoms with Crippen LogP contribution in [-0.4, -0.2) is 30.0 Å². The Kier molecular flexibility index (Phi) is 3.94. The van der Waals surface area contributed by atoms with Crippen molar-refractivity contribution in [2.24, 2.45) is 0 Å². The maximum atomic E-state index is 12.6. The number of anilines is 2. The van der Waals surface area contributed by atoms with E-state index in [1.54, 1.807) is 18.5 Å². The average molecular weight is 371 g/mol. The van der Waals surface area contributed by atoms with Crippen LogP contribution in [-0.2, 0) is 6.18 Å². The van der Waals surface area contributed by atoms with Gasteiger partial charge in [-0.05, 0) is 48.9 Å². The fraction of sp³-hybridized carbons (Fsp3) is 0.118. The number of hydrogen-bond acceptors (Lipinski definition) is 6. The molecule has 3 heterocycles. The first-order chi connectivity index (χ1) is 12.9. The molecule has 3 aromatic heterocycles. The number of benzene rings is 1. The van der Waals surface area contributed by atoms with Crippen molar-refractivity contribution in [1.82, 2.24) is 30.0 Å². The second-order valence-corrected chi connectivity index (χ2v) is 5.80. The number of rotatable bonds is 3. The van der Waals surface area contributed by atoms with Crippen LogP contribution in [0.5, 0.6) is 0 Å². The van der Waals surface area contributed by atoms with Crippen LogP contribution in [0.4, 0.5) is 24.8 Å². The summed E-state index contributed by atoms with van der Waals surface area (Å²) in [6.45, 7) is 1.91. The van der Waals surface area contributed by atoms with E-state index < -0.39 is 11.7 Å². The van der Waals surface area contributed by atoms with Gasteiger partial charge in [-0.3, -0.25) is 0 Å². The lowest BCUT2D eigenvalue weighted by Gasteiger charge is -2.08. The van der Waals surface area contributed by atoms with Gasteiger partial charge in [0.15, 0.2) is 5.65 Å². The van der Waals surface area contributed by atoms with Crippen LogP contribution in [0, 0.1) is 6.92 Å². The molecule has 27 heavy (non-hydrogen) atoms. The summed E-state index contributed by atoms with van der Waals surface area (Å²) in [4.78, 5) is 0. The molecule has 0 aliphatic rings. The van der Waals surface area contributed by atoms with Gasteiger partial charge in [-0.2, -0.15) is 33.0 Å². The quantitative estimate of drug-likeness (QED) is 0.592. The lowest BCUT2D eigenvalue weighted by atomic mass is 10.1. The summed E-state index contributed by atoms with van der Waals surface area (Å²) < 4.78 is 39.4. The molecule has 0 aliphatic heterocycles. The zero-order chi connectivity index (χ0) is 19.0. The van der Waals surface area contributed by atoms with Crippen LogP contribution in [0.25, 0.3) is 16.9 Å². The Labute approximate surface area is 150 Å². The Hall–Kier alpha value is -3.56. The van der Waals surface area contributed by atoms with E-state index in [0.717, 1.165) is 23.3 Å². The number of nitrogens with zero attached hydrogens (tertiary/aromatic N) is 6. The van der Waals surface area contributed by atoms with Gasteiger partial charge < -0.3 is 5.32 Å². The van der Waals surface area contributed by atoms with E-state index in [9.17, 15) is 13.2 Å². The molecule has 4 aromatic rings. The van der Waals surface area contributed by atoms with Gasteiger partial charge in [0.05, 0.1) is 17.5 Å². The largest absolute Gasteiger partial charge is 0.416 e. The Morgan fingerprint density at radius 2 is 1.78 bits per heavy atom. The molecule has 136 valence electrons. The van der Waals surface area contributed by atoms with Gasteiger partial charge in [-0.1, -0.05) is 0 Å². The minimum atomic E-state index is -4.38. The molecular formula is C17H12F3N7. The molecule has 0 saturated heterocycles. The Balaban J connectivity index is 1.63. The first-order valence-electron chi connectivity index (χ1n) is 7.86. The normalized spacial score (nSPS) is 11.7. The second kappa shape index (κ2) is 6.31. The predicted octanol–water partition coefficient (Wildman–Crippen LogP) is 3.65. The maximum absolute atomic E-state index is 12.6. The number of fused-ring (bicyclic) bond motifs is 1. The van der Waals surface area contributed by atoms with E-state index in [1.165, 1.54) is 16.6 Å². The zero-order valence-corrected chi connectivity index (χ0v) is 13.9. The highest BCUT2D eigenvalue weighted by molar-refractivity contribution is 5.66. The fourth-order valence-electron chi connectivity index (χ4n) is 2.55. The second-order valence-electron chi connectivity index (χ2n) is 5.80. The molecule has 0 bridgehead atoms. The summed E-state index contributed by atoms with van der Waals surface area (Å²) in [7, 11) is 0. The van der Waals surface area contributed by atoms with Gasteiger partial charge in [0, 0.05) is 17.4 Å². The summed E-state index contributed by atoms with van der Waals surface area (Å²) in [5, 5.41) is 23.2. The van der Waals surface area contributed by atoms with E-state index >= 15 is 0 Å². The minimum absolute atomic E-state index is 0.284. The fourth-order valence-corrected chi connectivity index (χ4v) is 2.55. The number of alkyl halides is 3. The van der Waals surface area contributed by atoms with Crippen LogP contribution < -0.4 is 5.32 Å². The van der Waals surface area contributed by atoms with Gasteiger partial charge in [-0.25, -0.2) is 0 Å². The van der Waals surface area contributed by atoms with Gasteiger partial charge in [0.1, 0.15) is 0 Å². The molecule has 0 spiro atoms. The predicted molar refractivity (Wildman–Crippen MR) is 91.3 cm³/mol. The lowest BCUT2D eigenvalue weighted by molar-refractivity contribution is -0.137. The summed E-state index contributed by atoms with van der Waals surface area (Å²) >= 11 is 0. The van der Waals surface area contributed by atoms with Crippen molar-refractivity contribution in [2.75, 3.05) is 5.32 Å². The SMILES string of the molecule is Cc1ccnnc1-c1cnn2c(Nc3ccc(C(F)(F)F)cc3)nnc2c1. The standard InChI is InChI=1S/C17H12F3N7/c1-10-6-7-21-25-15(10)11-8-14-24-26-16(27(14)22-9-11)23-13-4-2-12(3-5-13)17(18,19)20/h2-9H,1H3,(H,23,26). The van der Waals surface area contributed by atoms with Crippen molar-refractivity contribution in [3.63, 3.8) is 0 Å². The first-order valence-corrected chi connectivity index (χ1v) is 7.86. The van der Waals surface area contributed by atoms with Crippen molar-refractivity contribution in [3.05, 3.63) is 59.9 Å². The highest BCUT2D eigenvalue weighted by Gasteiger charge is 2.30. The Bertz CT molecular complexity index is 1100. The first kappa shape index (κ1) is 16.9. The third kappa shape index (κ3) is 3.28. The molecule has 10 heteroatoms. The smallest absolute Gasteiger partial charge is 0.323 e. The molecule has 0 amide bonds. The number of aryl methyl sites for hydroxylation is 1. The summed E-state index contributed by atoms with van der Waals surface area (Å²) in [6, 6.07) is 8.23. The van der Waals surface area contributed by atoms with Crippen molar-refractivity contribution in [3.8, 4) is 11.3 Å². The Morgan fingerprint density at radius 1 is 1.00 bits per heavy atom. The molecule has 0 saturated carbocycles. The Morgan fingerprint density at radius 3 is 2.48 bits per heavy atom. The van der Waals surface area contributed by atoms with E-state index in [4.69, 9.17) is 0 Å². The molecule has 0 fully saturated rings. The van der Waals surface area contributed by atoms with Gasteiger partial charge in [0.2, 0.25) is 5.95 Å². The molecular weight excluding hydrogens is 359 g/mol. The third-order valence-corrected chi connectivity index (χ3v) is 3.93. The summed E-state index contributed by atoms with van der Waals surface area (Å²) in [5.41, 5.74) is 2.55. The average Bonchev–Trinajstić information content (AvgIpc) is 3.04. The van der Waals surface area contributed by atoms with E-state index in [2.05, 4.69) is 30.8 Å². The van der Waals surface area contributed by atoms with Crippen LogP contribution >= 0.6 is 0 Å². The number of nitrogens with one attached hydrogen (secondary N) is 1. The number of hydrogen-bond donors (Lipinski definition) is 1. The highest BCUT2D eigenvalue weighted by atomic mass is 19.4. The number of aromatic nitrogens is 6. The van der Waals surface area contributed by atoms with Gasteiger partial charge >= 0.3 is 6.18 Å². The van der Waals surface area contributed by atoms with E-state index in [0.29, 0.717) is 17.0 Å². The molecule has 7 nitrogen and oxygen atoms in total. The van der Waals surface area contributed by atoms with Crippen molar-refractivity contribution < 1.29 is 13.2 Å². The molecule has 0 aliphatic carbocycles. The molecule has 1 aromatic carbocycles. The minimum Gasteiger partial charge on any atom is -0.323 e. The summed E-state index contributed by atoms with van der Waals surface area (Å²) in [6.07, 6.45) is -1.17. The highest BCUT2D eigenvalue weighted by Crippen LogP contribution is 2.30. The summed E-state index contributed by atoms with van der Waals surface area (Å²) in [5.74, 6) is 0.284. The van der Waals surface area contributed by atoms with Crippen LogP contribution in [0.15, 0.2) is 48.8 Å². The van der Waals surface area contributed by atoms with Crippen LogP contribution in [0.3, 0.4) is 0 Å². The third-order valence-electron chi connectivity index (χ3n) is 3.93. The van der Waals surface area contributed by atoms with Gasteiger partial charge in [0.25, 0.3) is 0 Å². The molecule has 0 atom stereocenters. The van der Waals surface area contributed by atoms with Crippen molar-refractivity contribution in [1.29, 1.82) is 0 Å². The van der Waals surface area contributed by atoms with Crippen LogP contribution in [0.2, 0.25) is 0 Å². The van der Waals surface area contributed by atoms with Crippen LogP contribution in [0.1, 0.15) is 11.1 Å². The molecule has 4 rings (SSSR count). The molecule has 0 radical (unpaired) electrons. The van der Waals surface area contributed by atoms with Gasteiger partial charge in [-0.15, -0.1) is 10.2 Å². The maximum Gasteiger partial charge on any atom is 0.416 e. The number of halogens is 3. The van der Waals surface area contributed by atoms with E-state index in [1.807, 2.05) is 13.0 Å². The lowest BCUT2D eigenvalue weighted by Crippen LogP contribution is -2.05. The molecule has 0 unspecified atom stereocenters. The van der Waals surface area contributed by atoms with Crippen molar-refractivity contribution >= 4 is 17.3 Å². The monoisotopic (exact) mass is 371 g/mol. The van der Waals surface area contributed by atoms with E-state index in [-0.39, 0.29) is 5.95 Å². The zero-order valence-electron chi connectivity index (χ0n) is 13.9. The molecule has 1 N–H and O–H groups in total. The topological polar surface area (TPSA) is 80.9 Å².